The van der Waals surface area contributed by atoms with Crippen LogP contribution in [0, 0.1) is 0 Å². The topological polar surface area (TPSA) is 85.9 Å². The second-order valence-electron chi connectivity index (χ2n) is 3.03. The molecule has 0 spiro atoms. The second kappa shape index (κ2) is 5.86. The molecule has 1 aromatic rings. The van der Waals surface area contributed by atoms with Crippen LogP contribution in [0.5, 0.6) is 0 Å². The average Bonchev–Trinajstić information content (AvgIpc) is 2.63. The number of carbonyl (C=O) groups is 1. The number of aromatic nitrogens is 2. The molecule has 1 aromatic heterocycles. The van der Waals surface area contributed by atoms with Crippen molar-refractivity contribution in [2.45, 2.75) is 12.5 Å². The van der Waals surface area contributed by atoms with E-state index in [0.29, 0.717) is 5.82 Å². The molecule has 0 aliphatic heterocycles. The number of imidazole rings is 1. The van der Waals surface area contributed by atoms with Crippen LogP contribution in [0.1, 0.15) is 5.82 Å². The zero-order valence-corrected chi connectivity index (χ0v) is 9.03. The van der Waals surface area contributed by atoms with Crippen molar-refractivity contribution in [1.82, 2.24) is 9.55 Å². The number of aliphatic carboxylic acids is 1. The molecule has 0 aliphatic carbocycles. The zero-order chi connectivity index (χ0) is 12.0. The van der Waals surface area contributed by atoms with Crippen molar-refractivity contribution in [3.63, 3.8) is 0 Å². The molecule has 0 aliphatic rings. The van der Waals surface area contributed by atoms with Crippen LogP contribution < -0.4 is 0 Å². The molecule has 0 saturated carbocycles. The molecule has 0 saturated heterocycles. The summed E-state index contributed by atoms with van der Waals surface area (Å²) in [4.78, 5) is 27.3. The molecule has 88 valence electrons. The molecule has 1 heterocycles. The highest BCUT2D eigenvalue weighted by molar-refractivity contribution is 5.75. The van der Waals surface area contributed by atoms with E-state index in [1.807, 2.05) is 0 Å². The van der Waals surface area contributed by atoms with Crippen molar-refractivity contribution in [3.8, 4) is 0 Å². The van der Waals surface area contributed by atoms with Crippen LogP contribution in [0.4, 0.5) is 0 Å². The minimum Gasteiger partial charge on any atom is -0.480 e. The largest absolute Gasteiger partial charge is 0.480 e. The number of carboxylic acids is 1. The number of hydrogen-bond donors (Lipinski definition) is 1. The van der Waals surface area contributed by atoms with Gasteiger partial charge in [-0.15, -0.1) is 0 Å². The van der Waals surface area contributed by atoms with E-state index in [1.54, 1.807) is 24.0 Å². The third-order valence-electron chi connectivity index (χ3n) is 1.96. The maximum absolute atomic E-state index is 10.9. The molecule has 0 unspecified atom stereocenters. The Morgan fingerprint density at radius 1 is 1.81 bits per heavy atom. The van der Waals surface area contributed by atoms with Gasteiger partial charge in [0.2, 0.25) is 6.40 Å². The second-order valence-corrected chi connectivity index (χ2v) is 3.03. The SMILES string of the molecule is COO/C=N/[C@@H](Cc1nccn1C)C(=O)O. The van der Waals surface area contributed by atoms with Gasteiger partial charge in [-0.1, -0.05) is 0 Å². The van der Waals surface area contributed by atoms with Crippen molar-refractivity contribution < 1.29 is 19.7 Å². The average molecular weight is 227 g/mol. The molecule has 0 radical (unpaired) electrons. The summed E-state index contributed by atoms with van der Waals surface area (Å²) in [5.74, 6) is -0.402. The number of nitrogens with zero attached hydrogens (tertiary/aromatic N) is 3. The summed E-state index contributed by atoms with van der Waals surface area (Å²) in [5, 5.41) is 8.92. The third-order valence-corrected chi connectivity index (χ3v) is 1.96. The first-order chi connectivity index (χ1) is 7.65. The van der Waals surface area contributed by atoms with Crippen LogP contribution in [0.25, 0.3) is 0 Å². The van der Waals surface area contributed by atoms with Crippen LogP contribution in [-0.2, 0) is 28.0 Å². The first-order valence-corrected chi connectivity index (χ1v) is 4.55. The van der Waals surface area contributed by atoms with Gasteiger partial charge in [0.1, 0.15) is 5.82 Å². The van der Waals surface area contributed by atoms with E-state index in [4.69, 9.17) is 5.11 Å². The van der Waals surface area contributed by atoms with Gasteiger partial charge < -0.3 is 14.6 Å². The molecule has 0 aromatic carbocycles. The smallest absolute Gasteiger partial charge is 0.329 e. The lowest BCUT2D eigenvalue weighted by Gasteiger charge is -2.06. The summed E-state index contributed by atoms with van der Waals surface area (Å²) in [5.41, 5.74) is 0. The van der Waals surface area contributed by atoms with Gasteiger partial charge in [0.05, 0.1) is 7.11 Å². The summed E-state index contributed by atoms with van der Waals surface area (Å²) in [7, 11) is 3.09. The fourth-order valence-electron chi connectivity index (χ4n) is 1.11. The molecular formula is C9H13N3O4. The van der Waals surface area contributed by atoms with Crippen molar-refractivity contribution in [1.29, 1.82) is 0 Å². The fraction of sp³-hybridized carbons (Fsp3) is 0.444. The van der Waals surface area contributed by atoms with Gasteiger partial charge in [-0.05, 0) is 0 Å². The monoisotopic (exact) mass is 227 g/mol. The Hall–Kier alpha value is -1.89. The van der Waals surface area contributed by atoms with Crippen LogP contribution in [0.3, 0.4) is 0 Å². The predicted octanol–water partition coefficient (Wildman–Crippen LogP) is 0.0221. The van der Waals surface area contributed by atoms with E-state index in [-0.39, 0.29) is 6.42 Å². The molecule has 7 nitrogen and oxygen atoms in total. The summed E-state index contributed by atoms with van der Waals surface area (Å²) < 4.78 is 1.74. The van der Waals surface area contributed by atoms with Crippen molar-refractivity contribution in [3.05, 3.63) is 18.2 Å². The molecular weight excluding hydrogens is 214 g/mol. The number of aliphatic imine (C=N–C) groups is 1. The van der Waals surface area contributed by atoms with E-state index in [0.717, 1.165) is 6.40 Å². The maximum atomic E-state index is 10.9. The molecule has 0 fully saturated rings. The Kier molecular flexibility index (Phi) is 4.46. The first-order valence-electron chi connectivity index (χ1n) is 4.55. The van der Waals surface area contributed by atoms with E-state index in [2.05, 4.69) is 19.8 Å². The van der Waals surface area contributed by atoms with Gasteiger partial charge in [0, 0.05) is 25.9 Å². The lowest BCUT2D eigenvalue weighted by atomic mass is 10.2. The highest BCUT2D eigenvalue weighted by Gasteiger charge is 2.18. The van der Waals surface area contributed by atoms with Gasteiger partial charge in [-0.2, -0.15) is 4.89 Å². The standard InChI is InChI=1S/C9H13N3O4/c1-12-4-3-10-8(12)5-7(9(13)14)11-6-16-15-2/h3-4,6-7H,5H2,1-2H3,(H,13,14)/b11-6+/t7-/m0/s1. The van der Waals surface area contributed by atoms with Crippen LogP contribution >= 0.6 is 0 Å². The normalized spacial score (nSPS) is 12.9. The van der Waals surface area contributed by atoms with Gasteiger partial charge in [-0.25, -0.2) is 14.8 Å². The van der Waals surface area contributed by atoms with Gasteiger partial charge >= 0.3 is 5.97 Å². The molecule has 0 bridgehead atoms. The van der Waals surface area contributed by atoms with E-state index in [9.17, 15) is 4.79 Å². The van der Waals surface area contributed by atoms with Crippen molar-refractivity contribution in [2.24, 2.45) is 12.0 Å². The van der Waals surface area contributed by atoms with E-state index in [1.165, 1.54) is 7.11 Å². The van der Waals surface area contributed by atoms with Crippen LogP contribution in [0.2, 0.25) is 0 Å². The van der Waals surface area contributed by atoms with Crippen molar-refractivity contribution in [2.75, 3.05) is 7.11 Å². The molecule has 1 atom stereocenters. The Balaban J connectivity index is 2.65. The lowest BCUT2D eigenvalue weighted by Crippen LogP contribution is -2.22. The number of hydrogen-bond acceptors (Lipinski definition) is 5. The highest BCUT2D eigenvalue weighted by Crippen LogP contribution is 2.03. The van der Waals surface area contributed by atoms with Crippen LogP contribution in [-0.4, -0.2) is 40.2 Å². The van der Waals surface area contributed by atoms with E-state index < -0.39 is 12.0 Å². The minimum atomic E-state index is -1.04. The van der Waals surface area contributed by atoms with Crippen molar-refractivity contribution >= 4 is 12.4 Å². The summed E-state index contributed by atoms with van der Waals surface area (Å²) in [6.07, 6.45) is 4.50. The summed E-state index contributed by atoms with van der Waals surface area (Å²) in [6, 6.07) is -0.934. The van der Waals surface area contributed by atoms with Crippen LogP contribution in [0.15, 0.2) is 17.4 Å². The maximum Gasteiger partial charge on any atom is 0.329 e. The van der Waals surface area contributed by atoms with Gasteiger partial charge in [0.25, 0.3) is 0 Å². The highest BCUT2D eigenvalue weighted by atomic mass is 17.2. The first kappa shape index (κ1) is 12.2. The fourth-order valence-corrected chi connectivity index (χ4v) is 1.11. The van der Waals surface area contributed by atoms with Gasteiger partial charge in [-0.3, -0.25) is 0 Å². The number of rotatable bonds is 6. The molecule has 16 heavy (non-hydrogen) atoms. The zero-order valence-electron chi connectivity index (χ0n) is 9.03. The number of aryl methyl sites for hydroxylation is 1. The quantitative estimate of drug-likeness (QED) is 0.320. The lowest BCUT2D eigenvalue weighted by molar-refractivity contribution is -0.188. The van der Waals surface area contributed by atoms with Gasteiger partial charge in [0.15, 0.2) is 6.04 Å². The van der Waals surface area contributed by atoms with E-state index >= 15 is 0 Å². The molecule has 1 N–H and O–H groups in total. The Bertz CT molecular complexity index is 375. The molecule has 7 heteroatoms. The molecule has 0 amide bonds. The number of carboxylic acid groups (broad SMARTS) is 1. The minimum absolute atomic E-state index is 0.197. The Morgan fingerprint density at radius 2 is 2.56 bits per heavy atom. The Morgan fingerprint density at radius 3 is 3.06 bits per heavy atom. The predicted molar refractivity (Wildman–Crippen MR) is 54.9 cm³/mol. The molecule has 1 rings (SSSR count). The summed E-state index contributed by atoms with van der Waals surface area (Å²) in [6.45, 7) is 0. The third kappa shape index (κ3) is 3.35. The Labute approximate surface area is 92.3 Å². The summed E-state index contributed by atoms with van der Waals surface area (Å²) >= 11 is 0.